The molecule has 0 bridgehead atoms. The summed E-state index contributed by atoms with van der Waals surface area (Å²) >= 11 is 0. The second-order valence-electron chi connectivity index (χ2n) is 9.90. The molecule has 2 fully saturated rings. The summed E-state index contributed by atoms with van der Waals surface area (Å²) < 4.78 is 25.1. The van der Waals surface area contributed by atoms with Crippen molar-refractivity contribution in [2.24, 2.45) is 16.7 Å². The Bertz CT molecular complexity index is 862. The van der Waals surface area contributed by atoms with E-state index in [0.29, 0.717) is 38.5 Å². The molecule has 8 nitrogen and oxygen atoms in total. The molecule has 9 heteroatoms. The number of nitro benzene ring substituents is 1. The van der Waals surface area contributed by atoms with Gasteiger partial charge in [-0.3, -0.25) is 10.1 Å². The van der Waals surface area contributed by atoms with E-state index in [1.807, 2.05) is 16.7 Å². The number of likely N-dealkylation sites (tertiary alicyclic amines) is 1. The number of methoxy groups -OCH3 is 1. The highest BCUT2D eigenvalue weighted by molar-refractivity contribution is 5.67. The summed E-state index contributed by atoms with van der Waals surface area (Å²) in [5.74, 6) is -0.272. The molecule has 0 aliphatic carbocycles. The van der Waals surface area contributed by atoms with Gasteiger partial charge in [0.15, 0.2) is 11.6 Å². The van der Waals surface area contributed by atoms with Crippen molar-refractivity contribution in [1.29, 1.82) is 0 Å². The van der Waals surface area contributed by atoms with Crippen molar-refractivity contribution >= 4 is 17.5 Å². The number of nitro groups is 1. The Morgan fingerprint density at radius 1 is 1.25 bits per heavy atom. The molecule has 3 rings (SSSR count). The zero-order valence-corrected chi connectivity index (χ0v) is 19.6. The van der Waals surface area contributed by atoms with E-state index in [9.17, 15) is 19.3 Å². The Hall–Kier alpha value is -2.58. The number of halogens is 1. The van der Waals surface area contributed by atoms with Crippen molar-refractivity contribution in [2.45, 2.75) is 47.0 Å². The average molecular weight is 452 g/mol. The van der Waals surface area contributed by atoms with E-state index in [0.717, 1.165) is 25.3 Å². The maximum absolute atomic E-state index is 14.8. The van der Waals surface area contributed by atoms with Crippen LogP contribution >= 0.6 is 0 Å². The van der Waals surface area contributed by atoms with Crippen LogP contribution in [0.4, 0.5) is 20.6 Å². The molecule has 1 aromatic rings. The molecule has 2 aliphatic heterocycles. The summed E-state index contributed by atoms with van der Waals surface area (Å²) in [5.41, 5.74) is 0.00812. The van der Waals surface area contributed by atoms with Crippen molar-refractivity contribution in [1.82, 2.24) is 4.90 Å². The second-order valence-corrected chi connectivity index (χ2v) is 9.90. The number of carbonyl (C=O) groups excluding carboxylic acids is 1. The topological polar surface area (TPSA) is 85.2 Å². The average Bonchev–Trinajstić information content (AvgIpc) is 2.74. The van der Waals surface area contributed by atoms with Crippen LogP contribution in [0.5, 0.6) is 5.75 Å². The second kappa shape index (κ2) is 9.11. The molecule has 1 unspecified atom stereocenters. The smallest absolute Gasteiger partial charge is 0.409 e. The molecule has 178 valence electrons. The molecule has 2 aliphatic rings. The largest absolute Gasteiger partial charge is 0.490 e. The summed E-state index contributed by atoms with van der Waals surface area (Å²) in [7, 11) is 1.35. The number of anilines is 1. The van der Waals surface area contributed by atoms with E-state index in [4.69, 9.17) is 9.47 Å². The Kier molecular flexibility index (Phi) is 6.86. The monoisotopic (exact) mass is 451 g/mol. The number of ether oxygens (including phenoxy) is 2. The van der Waals surface area contributed by atoms with Crippen LogP contribution in [0.2, 0.25) is 0 Å². The lowest BCUT2D eigenvalue weighted by molar-refractivity contribution is -0.385. The predicted octanol–water partition coefficient (Wildman–Crippen LogP) is 4.85. The van der Waals surface area contributed by atoms with Crippen LogP contribution in [-0.4, -0.2) is 55.8 Å². The third-order valence-electron chi connectivity index (χ3n) is 7.14. The quantitative estimate of drug-likeness (QED) is 0.480. The van der Waals surface area contributed by atoms with E-state index in [1.54, 1.807) is 0 Å². The van der Waals surface area contributed by atoms with Crippen LogP contribution in [0, 0.1) is 32.7 Å². The Morgan fingerprint density at radius 3 is 2.41 bits per heavy atom. The SMILES string of the molecule is CCOC(=O)N1CCC2(CCN(c3cc(OC)c([N+](=O)[O-])cc3F)CC2)C(C(C)(C)C)C1. The summed E-state index contributed by atoms with van der Waals surface area (Å²) in [6, 6.07) is 2.37. The number of hydrogen-bond acceptors (Lipinski definition) is 6. The standard InChI is InChI=1S/C23H34FN3O5/c1-6-32-21(28)26-12-9-23(20(15-26)22(2,3)4)7-10-25(11-8-23)17-14-19(31-5)18(27(29)30)13-16(17)24/h13-14,20H,6-12,15H2,1-5H3. The first-order chi connectivity index (χ1) is 15.0. The number of benzene rings is 1. The van der Waals surface area contributed by atoms with E-state index >= 15 is 0 Å². The minimum atomic E-state index is -0.637. The van der Waals surface area contributed by atoms with Crippen molar-refractivity contribution in [3.05, 3.63) is 28.1 Å². The van der Waals surface area contributed by atoms with Gasteiger partial charge in [-0.25, -0.2) is 9.18 Å². The molecule has 0 radical (unpaired) electrons. The zero-order valence-electron chi connectivity index (χ0n) is 19.6. The molecule has 0 saturated carbocycles. The fraction of sp³-hybridized carbons (Fsp3) is 0.696. The molecule has 0 N–H and O–H groups in total. The Morgan fingerprint density at radius 2 is 1.88 bits per heavy atom. The van der Waals surface area contributed by atoms with Crippen LogP contribution in [-0.2, 0) is 4.74 Å². The first-order valence-electron chi connectivity index (χ1n) is 11.2. The maximum Gasteiger partial charge on any atom is 0.409 e. The van der Waals surface area contributed by atoms with Gasteiger partial charge in [-0.05, 0) is 42.9 Å². The van der Waals surface area contributed by atoms with Gasteiger partial charge in [-0.1, -0.05) is 20.8 Å². The summed E-state index contributed by atoms with van der Waals surface area (Å²) in [5, 5.41) is 11.2. The molecule has 1 atom stereocenters. The lowest BCUT2D eigenvalue weighted by Crippen LogP contribution is -2.57. The first-order valence-corrected chi connectivity index (χ1v) is 11.2. The van der Waals surface area contributed by atoms with Crippen LogP contribution in [0.3, 0.4) is 0 Å². The molecule has 2 saturated heterocycles. The van der Waals surface area contributed by atoms with Gasteiger partial charge in [-0.2, -0.15) is 0 Å². The third kappa shape index (κ3) is 4.61. The van der Waals surface area contributed by atoms with Crippen LogP contribution < -0.4 is 9.64 Å². The normalized spacial score (nSPS) is 20.9. The molecule has 1 spiro atoms. The van der Waals surface area contributed by atoms with Crippen LogP contribution in [0.15, 0.2) is 12.1 Å². The highest BCUT2D eigenvalue weighted by Crippen LogP contribution is 2.52. The van der Waals surface area contributed by atoms with Gasteiger partial charge in [0.05, 0.1) is 30.4 Å². The van der Waals surface area contributed by atoms with Gasteiger partial charge in [0.2, 0.25) is 0 Å². The lowest BCUT2D eigenvalue weighted by atomic mass is 9.57. The minimum Gasteiger partial charge on any atom is -0.490 e. The first kappa shape index (κ1) is 24.1. The van der Waals surface area contributed by atoms with Crippen molar-refractivity contribution in [3.63, 3.8) is 0 Å². The van der Waals surface area contributed by atoms with Crippen LogP contribution in [0.1, 0.15) is 47.0 Å². The third-order valence-corrected chi connectivity index (χ3v) is 7.14. The predicted molar refractivity (Wildman–Crippen MR) is 120 cm³/mol. The molecule has 32 heavy (non-hydrogen) atoms. The van der Waals surface area contributed by atoms with E-state index < -0.39 is 10.7 Å². The molecule has 1 aromatic carbocycles. The highest BCUT2D eigenvalue weighted by atomic mass is 19.1. The fourth-order valence-corrected chi connectivity index (χ4v) is 5.48. The molecular weight excluding hydrogens is 417 g/mol. The van der Waals surface area contributed by atoms with E-state index in [-0.39, 0.29) is 34.3 Å². The Labute approximate surface area is 188 Å². The lowest BCUT2D eigenvalue weighted by Gasteiger charge is -2.56. The van der Waals surface area contributed by atoms with Gasteiger partial charge in [0.1, 0.15) is 0 Å². The van der Waals surface area contributed by atoms with E-state index in [2.05, 4.69) is 20.8 Å². The summed E-state index contributed by atoms with van der Waals surface area (Å²) in [6.45, 7) is 11.4. The number of piperidine rings is 2. The number of nitrogens with zero attached hydrogens (tertiary/aromatic N) is 3. The molecular formula is C23H34FN3O5. The number of rotatable bonds is 4. The van der Waals surface area contributed by atoms with E-state index in [1.165, 1.54) is 13.2 Å². The van der Waals surface area contributed by atoms with Crippen molar-refractivity contribution in [2.75, 3.05) is 44.8 Å². The van der Waals surface area contributed by atoms with Gasteiger partial charge in [-0.15, -0.1) is 0 Å². The number of hydrogen-bond donors (Lipinski definition) is 0. The summed E-state index contributed by atoms with van der Waals surface area (Å²) in [6.07, 6.45) is 2.36. The highest BCUT2D eigenvalue weighted by Gasteiger charge is 2.50. The number of amides is 1. The van der Waals surface area contributed by atoms with Crippen LogP contribution in [0.25, 0.3) is 0 Å². The zero-order chi connectivity index (χ0) is 23.7. The van der Waals surface area contributed by atoms with Gasteiger partial charge >= 0.3 is 11.8 Å². The molecule has 2 heterocycles. The Balaban J connectivity index is 1.80. The van der Waals surface area contributed by atoms with Crippen molar-refractivity contribution < 1.29 is 23.6 Å². The number of carbonyl (C=O) groups is 1. The summed E-state index contributed by atoms with van der Waals surface area (Å²) in [4.78, 5) is 26.7. The van der Waals surface area contributed by atoms with Gasteiger partial charge in [0.25, 0.3) is 0 Å². The molecule has 0 aromatic heterocycles. The fourth-order valence-electron chi connectivity index (χ4n) is 5.48. The maximum atomic E-state index is 14.8. The van der Waals surface area contributed by atoms with Gasteiger partial charge < -0.3 is 19.3 Å². The van der Waals surface area contributed by atoms with Crippen molar-refractivity contribution in [3.8, 4) is 5.75 Å². The van der Waals surface area contributed by atoms with Gasteiger partial charge in [0, 0.05) is 32.2 Å². The minimum absolute atomic E-state index is 0.00480. The molecule has 1 amide bonds.